The number of carbonyl (C=O) groups excluding carboxylic acids is 1. The van der Waals surface area contributed by atoms with E-state index in [2.05, 4.69) is 21.5 Å². The van der Waals surface area contributed by atoms with Gasteiger partial charge in [0.05, 0.1) is 11.7 Å². The molecule has 0 bridgehead atoms. The van der Waals surface area contributed by atoms with Crippen LogP contribution in [0.15, 0.2) is 34.7 Å². The standard InChI is InChI=1S/C19H21N5O2/c1-12-9-13(2)11-15(10-12)24-21-18(20-22-24)16-5-4-8-23(16)19(25)17-7-6-14(3)26-17/h6-7,9-11,16H,4-5,8H2,1-3H3. The third kappa shape index (κ3) is 3.00. The first kappa shape index (κ1) is 16.5. The molecule has 0 N–H and O–H groups in total. The monoisotopic (exact) mass is 351 g/mol. The van der Waals surface area contributed by atoms with E-state index in [1.807, 2.05) is 32.9 Å². The minimum atomic E-state index is -0.174. The van der Waals surface area contributed by atoms with Crippen LogP contribution >= 0.6 is 0 Å². The molecule has 1 fully saturated rings. The van der Waals surface area contributed by atoms with Gasteiger partial charge in [-0.15, -0.1) is 15.0 Å². The van der Waals surface area contributed by atoms with Gasteiger partial charge in [0.2, 0.25) is 0 Å². The predicted molar refractivity (Wildman–Crippen MR) is 95.1 cm³/mol. The molecule has 26 heavy (non-hydrogen) atoms. The molecule has 3 aromatic rings. The summed E-state index contributed by atoms with van der Waals surface area (Å²) in [5.74, 6) is 1.53. The van der Waals surface area contributed by atoms with Crippen molar-refractivity contribution in [3.8, 4) is 5.69 Å². The lowest BCUT2D eigenvalue weighted by Gasteiger charge is -2.20. The summed E-state index contributed by atoms with van der Waals surface area (Å²) in [6.45, 7) is 6.57. The van der Waals surface area contributed by atoms with E-state index in [1.54, 1.807) is 17.0 Å². The number of carbonyl (C=O) groups is 1. The summed E-state index contributed by atoms with van der Waals surface area (Å²) in [7, 11) is 0. The second kappa shape index (κ2) is 6.40. The summed E-state index contributed by atoms with van der Waals surface area (Å²) in [6, 6.07) is 9.47. The van der Waals surface area contributed by atoms with Crippen molar-refractivity contribution >= 4 is 5.91 Å². The minimum Gasteiger partial charge on any atom is -0.456 e. The zero-order valence-electron chi connectivity index (χ0n) is 15.1. The van der Waals surface area contributed by atoms with E-state index in [0.29, 0.717) is 18.1 Å². The van der Waals surface area contributed by atoms with Crippen LogP contribution in [0.5, 0.6) is 0 Å². The molecule has 7 nitrogen and oxygen atoms in total. The van der Waals surface area contributed by atoms with E-state index < -0.39 is 0 Å². The molecule has 0 saturated carbocycles. The van der Waals surface area contributed by atoms with Gasteiger partial charge < -0.3 is 9.32 Å². The van der Waals surface area contributed by atoms with Crippen LogP contribution in [0.2, 0.25) is 0 Å². The molecule has 0 aliphatic carbocycles. The van der Waals surface area contributed by atoms with Crippen molar-refractivity contribution in [3.05, 3.63) is 58.8 Å². The van der Waals surface area contributed by atoms with Crippen LogP contribution in [0.25, 0.3) is 5.69 Å². The number of hydrogen-bond acceptors (Lipinski definition) is 5. The van der Waals surface area contributed by atoms with Gasteiger partial charge in [-0.3, -0.25) is 4.79 Å². The van der Waals surface area contributed by atoms with Crippen LogP contribution in [0.1, 0.15) is 52.1 Å². The first-order valence-electron chi connectivity index (χ1n) is 8.77. The van der Waals surface area contributed by atoms with Gasteiger partial charge in [-0.05, 0) is 74.2 Å². The number of hydrogen-bond donors (Lipinski definition) is 0. The summed E-state index contributed by atoms with van der Waals surface area (Å²) in [5.41, 5.74) is 3.16. The molecule has 0 spiro atoms. The van der Waals surface area contributed by atoms with Crippen molar-refractivity contribution in [2.45, 2.75) is 39.7 Å². The fraction of sp³-hybridized carbons (Fsp3) is 0.368. The molecule has 4 rings (SSSR count). The fourth-order valence-corrected chi connectivity index (χ4v) is 3.50. The topological polar surface area (TPSA) is 77.0 Å². The molecule has 3 heterocycles. The number of rotatable bonds is 3. The summed E-state index contributed by atoms with van der Waals surface area (Å²) < 4.78 is 5.49. The molecule has 1 unspecified atom stereocenters. The van der Waals surface area contributed by atoms with Gasteiger partial charge >= 0.3 is 0 Å². The third-order valence-electron chi connectivity index (χ3n) is 4.63. The van der Waals surface area contributed by atoms with E-state index in [-0.39, 0.29) is 11.9 Å². The summed E-state index contributed by atoms with van der Waals surface area (Å²) >= 11 is 0. The second-order valence-electron chi connectivity index (χ2n) is 6.85. The Morgan fingerprint density at radius 3 is 2.62 bits per heavy atom. The van der Waals surface area contributed by atoms with Gasteiger partial charge in [-0.25, -0.2) is 0 Å². The lowest BCUT2D eigenvalue weighted by Crippen LogP contribution is -2.31. The lowest BCUT2D eigenvalue weighted by atomic mass is 10.1. The van der Waals surface area contributed by atoms with Crippen molar-refractivity contribution in [2.75, 3.05) is 6.54 Å². The molecule has 1 aliphatic heterocycles. The number of nitrogens with zero attached hydrogens (tertiary/aromatic N) is 5. The molecular weight excluding hydrogens is 330 g/mol. The van der Waals surface area contributed by atoms with E-state index in [4.69, 9.17) is 4.42 Å². The largest absolute Gasteiger partial charge is 0.456 e. The Kier molecular flexibility index (Phi) is 4.06. The Labute approximate surface area is 151 Å². The second-order valence-corrected chi connectivity index (χ2v) is 6.85. The number of likely N-dealkylation sites (tertiary alicyclic amines) is 1. The number of amides is 1. The van der Waals surface area contributed by atoms with Crippen molar-refractivity contribution in [2.24, 2.45) is 0 Å². The van der Waals surface area contributed by atoms with Crippen LogP contribution < -0.4 is 0 Å². The average molecular weight is 351 g/mol. The highest BCUT2D eigenvalue weighted by Crippen LogP contribution is 2.31. The van der Waals surface area contributed by atoms with E-state index in [0.717, 1.165) is 35.4 Å². The van der Waals surface area contributed by atoms with Crippen molar-refractivity contribution < 1.29 is 9.21 Å². The molecule has 134 valence electrons. The van der Waals surface area contributed by atoms with Crippen molar-refractivity contribution in [1.82, 2.24) is 25.1 Å². The highest BCUT2D eigenvalue weighted by atomic mass is 16.3. The SMILES string of the molecule is Cc1cc(C)cc(-n2nnc(C3CCCN3C(=O)c3ccc(C)o3)n2)c1. The fourth-order valence-electron chi connectivity index (χ4n) is 3.50. The predicted octanol–water partition coefficient (Wildman–Crippen LogP) is 3.16. The molecule has 0 radical (unpaired) electrons. The summed E-state index contributed by atoms with van der Waals surface area (Å²) in [6.07, 6.45) is 1.73. The maximum Gasteiger partial charge on any atom is 0.290 e. The number of tetrazole rings is 1. The first-order chi connectivity index (χ1) is 12.5. The van der Waals surface area contributed by atoms with Crippen molar-refractivity contribution in [1.29, 1.82) is 0 Å². The summed E-state index contributed by atoms with van der Waals surface area (Å²) in [4.78, 5) is 16.1. The maximum atomic E-state index is 12.8. The first-order valence-corrected chi connectivity index (χ1v) is 8.77. The quantitative estimate of drug-likeness (QED) is 0.724. The van der Waals surface area contributed by atoms with E-state index >= 15 is 0 Å². The van der Waals surface area contributed by atoms with Gasteiger partial charge in [0.15, 0.2) is 11.6 Å². The Bertz CT molecular complexity index is 938. The highest BCUT2D eigenvalue weighted by molar-refractivity contribution is 5.92. The molecule has 1 saturated heterocycles. The van der Waals surface area contributed by atoms with Gasteiger partial charge in [0, 0.05) is 6.54 Å². The molecule has 7 heteroatoms. The smallest absolute Gasteiger partial charge is 0.290 e. The third-order valence-corrected chi connectivity index (χ3v) is 4.63. The Morgan fingerprint density at radius 2 is 1.92 bits per heavy atom. The van der Waals surface area contributed by atoms with E-state index in [9.17, 15) is 4.79 Å². The van der Waals surface area contributed by atoms with Crippen LogP contribution in [0, 0.1) is 20.8 Å². The Morgan fingerprint density at radius 1 is 1.15 bits per heavy atom. The maximum absolute atomic E-state index is 12.8. The molecular formula is C19H21N5O2. The van der Waals surface area contributed by atoms with Gasteiger partial charge in [-0.1, -0.05) is 6.07 Å². The highest BCUT2D eigenvalue weighted by Gasteiger charge is 2.34. The number of aromatic nitrogens is 4. The van der Waals surface area contributed by atoms with Gasteiger partial charge in [-0.2, -0.15) is 0 Å². The zero-order chi connectivity index (χ0) is 18.3. The van der Waals surface area contributed by atoms with Gasteiger partial charge in [0.1, 0.15) is 5.76 Å². The van der Waals surface area contributed by atoms with Crippen LogP contribution in [-0.2, 0) is 0 Å². The Hall–Kier alpha value is -2.96. The van der Waals surface area contributed by atoms with E-state index in [1.165, 1.54) is 4.80 Å². The van der Waals surface area contributed by atoms with Crippen LogP contribution in [0.3, 0.4) is 0 Å². The lowest BCUT2D eigenvalue weighted by molar-refractivity contribution is 0.0696. The molecule has 1 aromatic carbocycles. The normalized spacial score (nSPS) is 17.0. The number of furan rings is 1. The average Bonchev–Trinajstić information content (AvgIpc) is 3.33. The molecule has 1 amide bonds. The van der Waals surface area contributed by atoms with Crippen LogP contribution in [0.4, 0.5) is 0 Å². The molecule has 1 aliphatic rings. The zero-order valence-corrected chi connectivity index (χ0v) is 15.1. The Balaban J connectivity index is 1.61. The minimum absolute atomic E-state index is 0.122. The molecule has 1 atom stereocenters. The molecule has 2 aromatic heterocycles. The van der Waals surface area contributed by atoms with Gasteiger partial charge in [0.25, 0.3) is 5.91 Å². The number of benzene rings is 1. The number of aryl methyl sites for hydroxylation is 3. The van der Waals surface area contributed by atoms with Crippen LogP contribution in [-0.4, -0.2) is 37.6 Å². The summed E-state index contributed by atoms with van der Waals surface area (Å²) in [5, 5.41) is 13.0. The van der Waals surface area contributed by atoms with Crippen molar-refractivity contribution in [3.63, 3.8) is 0 Å².